The van der Waals surface area contributed by atoms with Gasteiger partial charge in [-0.3, -0.25) is 4.79 Å². The zero-order valence-electron chi connectivity index (χ0n) is 13.0. The molecular formula is C18H15IN2O2S. The Morgan fingerprint density at radius 1 is 1.21 bits per heavy atom. The fourth-order valence-electron chi connectivity index (χ4n) is 2.11. The highest BCUT2D eigenvalue weighted by Crippen LogP contribution is 2.29. The molecule has 1 saturated heterocycles. The number of carbonyl (C=O) groups is 1. The summed E-state index contributed by atoms with van der Waals surface area (Å²) < 4.78 is 6.51. The van der Waals surface area contributed by atoms with Crippen LogP contribution in [0.1, 0.15) is 12.5 Å². The third-order valence-corrected chi connectivity index (χ3v) is 5.11. The topological polar surface area (TPSA) is 50.7 Å². The van der Waals surface area contributed by atoms with Gasteiger partial charge in [0.05, 0.1) is 17.2 Å². The Morgan fingerprint density at radius 2 is 1.96 bits per heavy atom. The van der Waals surface area contributed by atoms with Gasteiger partial charge in [0.2, 0.25) is 0 Å². The molecule has 1 fully saturated rings. The minimum atomic E-state index is -0.121. The van der Waals surface area contributed by atoms with Gasteiger partial charge in [-0.2, -0.15) is 0 Å². The van der Waals surface area contributed by atoms with Gasteiger partial charge in [-0.25, -0.2) is 4.99 Å². The van der Waals surface area contributed by atoms with E-state index < -0.39 is 0 Å². The van der Waals surface area contributed by atoms with Gasteiger partial charge in [0.15, 0.2) is 5.17 Å². The van der Waals surface area contributed by atoms with Gasteiger partial charge < -0.3 is 10.1 Å². The first-order valence-corrected chi connectivity index (χ1v) is 9.32. The smallest absolute Gasteiger partial charge is 0.264 e. The summed E-state index contributed by atoms with van der Waals surface area (Å²) in [6.45, 7) is 2.58. The van der Waals surface area contributed by atoms with Gasteiger partial charge in [-0.15, -0.1) is 0 Å². The molecule has 0 spiro atoms. The quantitative estimate of drug-likeness (QED) is 0.548. The second-order valence-corrected chi connectivity index (χ2v) is 7.12. The van der Waals surface area contributed by atoms with Crippen molar-refractivity contribution in [3.63, 3.8) is 0 Å². The summed E-state index contributed by atoms with van der Waals surface area (Å²) in [5.41, 5.74) is 1.80. The number of amides is 1. The highest BCUT2D eigenvalue weighted by molar-refractivity contribution is 14.1. The summed E-state index contributed by atoms with van der Waals surface area (Å²) in [6, 6.07) is 15.4. The van der Waals surface area contributed by atoms with Crippen molar-refractivity contribution in [2.75, 3.05) is 6.61 Å². The molecule has 0 radical (unpaired) electrons. The summed E-state index contributed by atoms with van der Waals surface area (Å²) >= 11 is 3.61. The molecule has 1 heterocycles. The Morgan fingerprint density at radius 3 is 2.67 bits per heavy atom. The molecule has 0 saturated carbocycles. The first kappa shape index (κ1) is 17.0. The molecule has 0 aromatic heterocycles. The van der Waals surface area contributed by atoms with Crippen molar-refractivity contribution in [1.29, 1.82) is 0 Å². The minimum Gasteiger partial charge on any atom is -0.494 e. The lowest BCUT2D eigenvalue weighted by Crippen LogP contribution is -2.19. The van der Waals surface area contributed by atoms with Crippen LogP contribution in [-0.4, -0.2) is 17.7 Å². The SMILES string of the molecule is CCOc1ccc(N=C2NC(=O)/C(=C/c3ccccc3I)S2)cc1. The lowest BCUT2D eigenvalue weighted by Gasteiger charge is -2.02. The van der Waals surface area contributed by atoms with Gasteiger partial charge >= 0.3 is 0 Å². The Kier molecular flexibility index (Phi) is 5.57. The van der Waals surface area contributed by atoms with Crippen LogP contribution >= 0.6 is 34.4 Å². The standard InChI is InChI=1S/C18H15IN2O2S/c1-2-23-14-9-7-13(8-10-14)20-18-21-17(22)16(24-18)11-12-5-3-4-6-15(12)19/h3-11H,2H2,1H3,(H,20,21,22)/b16-11-. The van der Waals surface area contributed by atoms with Crippen LogP contribution in [0.3, 0.4) is 0 Å². The fraction of sp³-hybridized carbons (Fsp3) is 0.111. The minimum absolute atomic E-state index is 0.121. The average molecular weight is 450 g/mol. The molecule has 3 rings (SSSR count). The zero-order valence-corrected chi connectivity index (χ0v) is 15.9. The van der Waals surface area contributed by atoms with Crippen molar-refractivity contribution in [2.24, 2.45) is 4.99 Å². The van der Waals surface area contributed by atoms with Crippen molar-refractivity contribution in [1.82, 2.24) is 5.32 Å². The normalized spacial score (nSPS) is 17.3. The van der Waals surface area contributed by atoms with E-state index in [9.17, 15) is 4.79 Å². The maximum absolute atomic E-state index is 12.1. The van der Waals surface area contributed by atoms with E-state index >= 15 is 0 Å². The summed E-state index contributed by atoms with van der Waals surface area (Å²) in [4.78, 5) is 17.2. The van der Waals surface area contributed by atoms with Gasteiger partial charge in [-0.1, -0.05) is 18.2 Å². The third-order valence-electron chi connectivity index (χ3n) is 3.22. The van der Waals surface area contributed by atoms with Crippen LogP contribution in [-0.2, 0) is 4.79 Å². The molecule has 1 amide bonds. The third kappa shape index (κ3) is 4.18. The second-order valence-electron chi connectivity index (χ2n) is 4.93. The summed E-state index contributed by atoms with van der Waals surface area (Å²) in [7, 11) is 0. The summed E-state index contributed by atoms with van der Waals surface area (Å²) in [5.74, 6) is 0.688. The zero-order chi connectivity index (χ0) is 16.9. The Labute approximate surface area is 158 Å². The number of benzene rings is 2. The molecule has 2 aromatic rings. The number of rotatable bonds is 4. The Hall–Kier alpha value is -1.80. The Bertz CT molecular complexity index is 816. The lowest BCUT2D eigenvalue weighted by molar-refractivity contribution is -0.115. The first-order valence-electron chi connectivity index (χ1n) is 7.42. The highest BCUT2D eigenvalue weighted by atomic mass is 127. The van der Waals surface area contributed by atoms with Gasteiger partial charge in [0, 0.05) is 3.57 Å². The maximum atomic E-state index is 12.1. The molecule has 0 bridgehead atoms. The highest BCUT2D eigenvalue weighted by Gasteiger charge is 2.24. The number of amidine groups is 1. The molecule has 0 aliphatic carbocycles. The fourth-order valence-corrected chi connectivity index (χ4v) is 3.49. The second kappa shape index (κ2) is 7.85. The Balaban J connectivity index is 1.78. The summed E-state index contributed by atoms with van der Waals surface area (Å²) in [5, 5.41) is 3.39. The van der Waals surface area contributed by atoms with Crippen LogP contribution < -0.4 is 10.1 Å². The molecule has 1 aliphatic heterocycles. The van der Waals surface area contributed by atoms with E-state index in [1.165, 1.54) is 11.8 Å². The number of hydrogen-bond acceptors (Lipinski definition) is 4. The molecular weight excluding hydrogens is 435 g/mol. The predicted molar refractivity (Wildman–Crippen MR) is 108 cm³/mol. The van der Waals surface area contributed by atoms with E-state index in [2.05, 4.69) is 32.9 Å². The number of carbonyl (C=O) groups excluding carboxylic acids is 1. The van der Waals surface area contributed by atoms with E-state index in [1.807, 2.05) is 61.5 Å². The van der Waals surface area contributed by atoms with Crippen LogP contribution in [0.5, 0.6) is 5.75 Å². The van der Waals surface area contributed by atoms with Crippen LogP contribution in [0.25, 0.3) is 6.08 Å². The van der Waals surface area contributed by atoms with Crippen molar-refractivity contribution in [3.05, 3.63) is 62.6 Å². The number of aliphatic imine (C=N–C) groups is 1. The number of hydrogen-bond donors (Lipinski definition) is 1. The van der Waals surface area contributed by atoms with E-state index in [0.29, 0.717) is 16.7 Å². The number of halogens is 1. The van der Waals surface area contributed by atoms with Crippen LogP contribution in [0.2, 0.25) is 0 Å². The lowest BCUT2D eigenvalue weighted by atomic mass is 10.2. The first-order chi connectivity index (χ1) is 11.7. The number of thioether (sulfide) groups is 1. The maximum Gasteiger partial charge on any atom is 0.264 e. The van der Waals surface area contributed by atoms with Gasteiger partial charge in [-0.05, 0) is 83.2 Å². The van der Waals surface area contributed by atoms with E-state index in [-0.39, 0.29) is 5.91 Å². The van der Waals surface area contributed by atoms with Crippen LogP contribution in [0, 0.1) is 3.57 Å². The van der Waals surface area contributed by atoms with Crippen LogP contribution in [0.4, 0.5) is 5.69 Å². The van der Waals surface area contributed by atoms with Crippen molar-refractivity contribution < 1.29 is 9.53 Å². The van der Waals surface area contributed by atoms with Crippen LogP contribution in [0.15, 0.2) is 58.4 Å². The number of nitrogens with zero attached hydrogens (tertiary/aromatic N) is 1. The molecule has 4 nitrogen and oxygen atoms in total. The largest absolute Gasteiger partial charge is 0.494 e. The average Bonchev–Trinajstić information content (AvgIpc) is 2.91. The molecule has 1 aliphatic rings. The van der Waals surface area contributed by atoms with Crippen molar-refractivity contribution >= 4 is 57.2 Å². The van der Waals surface area contributed by atoms with E-state index in [1.54, 1.807) is 0 Å². The number of ether oxygens (including phenoxy) is 1. The monoisotopic (exact) mass is 450 g/mol. The molecule has 0 unspecified atom stereocenters. The molecule has 2 aromatic carbocycles. The molecule has 1 N–H and O–H groups in total. The molecule has 122 valence electrons. The number of nitrogens with one attached hydrogen (secondary N) is 1. The van der Waals surface area contributed by atoms with Crippen molar-refractivity contribution in [2.45, 2.75) is 6.92 Å². The van der Waals surface area contributed by atoms with E-state index in [0.717, 1.165) is 20.6 Å². The van der Waals surface area contributed by atoms with Gasteiger partial charge in [0.1, 0.15) is 5.75 Å². The predicted octanol–water partition coefficient (Wildman–Crippen LogP) is 4.58. The summed E-state index contributed by atoms with van der Waals surface area (Å²) in [6.07, 6.45) is 1.89. The van der Waals surface area contributed by atoms with Gasteiger partial charge in [0.25, 0.3) is 5.91 Å². The van der Waals surface area contributed by atoms with E-state index in [4.69, 9.17) is 4.74 Å². The van der Waals surface area contributed by atoms with Crippen molar-refractivity contribution in [3.8, 4) is 5.75 Å². The molecule has 24 heavy (non-hydrogen) atoms. The molecule has 6 heteroatoms. The molecule has 0 atom stereocenters.